The van der Waals surface area contributed by atoms with Crippen LogP contribution in [0.15, 0.2) is 35.0 Å². The van der Waals surface area contributed by atoms with Gasteiger partial charge in [0, 0.05) is 49.3 Å². The Morgan fingerprint density at radius 2 is 1.39 bits per heavy atom. The van der Waals surface area contributed by atoms with E-state index < -0.39 is 51.3 Å². The van der Waals surface area contributed by atoms with E-state index in [4.69, 9.17) is 23.3 Å². The minimum absolute atomic E-state index is 0.0407. The zero-order chi connectivity index (χ0) is 49.4. The molecule has 4 amide bonds. The normalized spacial score (nSPS) is 16.5. The molecule has 0 bridgehead atoms. The summed E-state index contributed by atoms with van der Waals surface area (Å²) < 4.78 is 40.9. The SMILES string of the molecule is CC(C)(C)OC(=O)NC1=Nc2cc(C3(C(=O)Nc4cnc5c(c4)CN(C(=O)OC(C)(C)C)CC5)CC3)cc(F)c2C=C(C(=O)N(CCO[Si](C)(C)C(C)(C)C)CCO[Si](C)(C)C(C)(C)C)C1. The van der Waals surface area contributed by atoms with Gasteiger partial charge < -0.3 is 33.4 Å². The maximum absolute atomic E-state index is 16.7. The van der Waals surface area contributed by atoms with Crippen molar-refractivity contribution in [2.24, 2.45) is 4.99 Å². The fourth-order valence-electron chi connectivity index (χ4n) is 7.11. The third-order valence-corrected chi connectivity index (χ3v) is 22.3. The van der Waals surface area contributed by atoms with Crippen LogP contribution in [0.4, 0.5) is 25.4 Å². The maximum atomic E-state index is 16.7. The van der Waals surface area contributed by atoms with Crippen molar-refractivity contribution in [1.29, 1.82) is 0 Å². The topological polar surface area (TPSA) is 161 Å². The summed E-state index contributed by atoms with van der Waals surface area (Å²) in [6.45, 7) is 34.2. The standard InChI is InChI=1S/C49H75FN6O8Si2/c1-45(2,3)63-43(59)54-40-27-32(41(57)55(21-23-61-65(13,14)47(7,8)9)22-24-62-66(15,16)48(10,11)12)26-36-37(50)28-34(29-39(36)53-40)49(18-19-49)42(58)52-35-25-33-31-56(20-17-38(33)51-30-35)44(60)64-46(4,5)6/h25-26,28-30H,17-24,27,31H2,1-16H3,(H,52,58)(H,53,54,59). The Balaban J connectivity index is 1.46. The lowest BCUT2D eigenvalue weighted by molar-refractivity contribution is -0.128. The number of rotatable bonds is 12. The summed E-state index contributed by atoms with van der Waals surface area (Å²) in [5, 5.41) is 5.65. The van der Waals surface area contributed by atoms with Gasteiger partial charge in [0.1, 0.15) is 22.9 Å². The van der Waals surface area contributed by atoms with Crippen LogP contribution in [0.2, 0.25) is 36.3 Å². The van der Waals surface area contributed by atoms with E-state index in [1.807, 2.05) is 26.8 Å². The van der Waals surface area contributed by atoms with E-state index in [0.29, 0.717) is 50.3 Å². The number of fused-ring (bicyclic) bond motifs is 2. The van der Waals surface area contributed by atoms with Crippen LogP contribution < -0.4 is 10.6 Å². The lowest BCUT2D eigenvalue weighted by Crippen LogP contribution is -2.46. The highest BCUT2D eigenvalue weighted by atomic mass is 28.4. The number of anilines is 1. The van der Waals surface area contributed by atoms with Crippen molar-refractivity contribution in [2.45, 2.75) is 168 Å². The molecule has 0 unspecified atom stereocenters. The van der Waals surface area contributed by atoms with Gasteiger partial charge >= 0.3 is 12.2 Å². The molecule has 2 aliphatic heterocycles. The second-order valence-corrected chi connectivity index (χ2v) is 32.6. The molecule has 1 aliphatic carbocycles. The van der Waals surface area contributed by atoms with Gasteiger partial charge in [0.05, 0.1) is 42.7 Å². The molecule has 364 valence electrons. The number of amidine groups is 1. The predicted octanol–water partition coefficient (Wildman–Crippen LogP) is 10.4. The third-order valence-electron chi connectivity index (χ3n) is 13.2. The van der Waals surface area contributed by atoms with E-state index in [-0.39, 0.29) is 70.6 Å². The molecule has 1 saturated carbocycles. The number of hydrogen-bond acceptors (Lipinski definition) is 10. The summed E-state index contributed by atoms with van der Waals surface area (Å²) >= 11 is 0. The average molecular weight is 951 g/mol. The molecule has 1 aromatic heterocycles. The van der Waals surface area contributed by atoms with Crippen LogP contribution in [0.5, 0.6) is 0 Å². The van der Waals surface area contributed by atoms with Crippen LogP contribution in [0.25, 0.3) is 6.08 Å². The van der Waals surface area contributed by atoms with Gasteiger partial charge in [0.25, 0.3) is 0 Å². The summed E-state index contributed by atoms with van der Waals surface area (Å²) in [6, 6.07) is 4.82. The molecule has 5 rings (SSSR count). The van der Waals surface area contributed by atoms with E-state index >= 15 is 4.39 Å². The first-order valence-corrected chi connectivity index (χ1v) is 29.0. The monoisotopic (exact) mass is 951 g/mol. The molecule has 1 fully saturated rings. The van der Waals surface area contributed by atoms with Gasteiger partial charge in [0.2, 0.25) is 11.8 Å². The molecule has 1 aromatic carbocycles. The van der Waals surface area contributed by atoms with E-state index in [9.17, 15) is 19.2 Å². The van der Waals surface area contributed by atoms with Crippen LogP contribution in [0.1, 0.15) is 125 Å². The molecule has 0 atom stereocenters. The fourth-order valence-corrected chi connectivity index (χ4v) is 9.18. The second kappa shape index (κ2) is 19.3. The summed E-state index contributed by atoms with van der Waals surface area (Å²) in [7, 11) is -4.33. The molecule has 2 aromatic rings. The smallest absolute Gasteiger partial charge is 0.413 e. The highest BCUT2D eigenvalue weighted by molar-refractivity contribution is 6.74. The van der Waals surface area contributed by atoms with Gasteiger partial charge in [-0.2, -0.15) is 0 Å². The molecular weight excluding hydrogens is 876 g/mol. The minimum Gasteiger partial charge on any atom is -0.444 e. The summed E-state index contributed by atoms with van der Waals surface area (Å²) in [6.07, 6.45) is 3.22. The lowest BCUT2D eigenvalue weighted by atomic mass is 9.92. The molecular formula is C49H75FN6O8Si2. The summed E-state index contributed by atoms with van der Waals surface area (Å²) in [5.74, 6) is -1.28. The number of pyridine rings is 1. The van der Waals surface area contributed by atoms with Crippen LogP contribution in [-0.4, -0.2) is 105 Å². The maximum Gasteiger partial charge on any atom is 0.413 e. The van der Waals surface area contributed by atoms with Crippen molar-refractivity contribution in [1.82, 2.24) is 20.1 Å². The van der Waals surface area contributed by atoms with Gasteiger partial charge in [-0.15, -0.1) is 0 Å². The van der Waals surface area contributed by atoms with Gasteiger partial charge in [-0.05, 0) is 126 Å². The first-order valence-electron chi connectivity index (χ1n) is 23.2. The second-order valence-electron chi connectivity index (χ2n) is 23.0. The van der Waals surface area contributed by atoms with Crippen molar-refractivity contribution in [3.05, 3.63) is 58.2 Å². The Kier molecular flexibility index (Phi) is 15.3. The highest BCUT2D eigenvalue weighted by Gasteiger charge is 2.52. The summed E-state index contributed by atoms with van der Waals surface area (Å²) in [5.41, 5.74) is 0.383. The number of ether oxygens (including phenoxy) is 2. The van der Waals surface area contributed by atoms with Crippen LogP contribution in [0.3, 0.4) is 0 Å². The number of aliphatic imine (C=N–C) groups is 1. The van der Waals surface area contributed by atoms with Crippen molar-refractivity contribution in [3.8, 4) is 0 Å². The van der Waals surface area contributed by atoms with E-state index in [1.54, 1.807) is 42.8 Å². The Labute approximate surface area is 394 Å². The number of nitrogens with one attached hydrogen (secondary N) is 2. The Morgan fingerprint density at radius 1 is 0.818 bits per heavy atom. The number of nitrogens with zero attached hydrogens (tertiary/aromatic N) is 4. The first-order chi connectivity index (χ1) is 30.2. The Bertz CT molecular complexity index is 2210. The molecule has 17 heteroatoms. The minimum atomic E-state index is -2.17. The number of carbonyl (C=O) groups is 4. The zero-order valence-corrected chi connectivity index (χ0v) is 44.4. The third kappa shape index (κ3) is 13.2. The molecule has 2 N–H and O–H groups in total. The average Bonchev–Trinajstić information content (AvgIpc) is 3.99. The van der Waals surface area contributed by atoms with Gasteiger partial charge in [-0.25, -0.2) is 19.0 Å². The fraction of sp³-hybridized carbons (Fsp3) is 0.633. The number of alkyl carbamates (subject to hydrolysis) is 1. The highest BCUT2D eigenvalue weighted by Crippen LogP contribution is 2.51. The number of halogens is 1. The molecule has 66 heavy (non-hydrogen) atoms. The summed E-state index contributed by atoms with van der Waals surface area (Å²) in [4.78, 5) is 67.7. The van der Waals surface area contributed by atoms with Gasteiger partial charge in [0.15, 0.2) is 16.6 Å². The number of amides is 4. The quantitative estimate of drug-likeness (QED) is 0.197. The number of carbonyl (C=O) groups excluding carboxylic acids is 4. The van der Waals surface area contributed by atoms with Crippen molar-refractivity contribution < 1.29 is 41.9 Å². The van der Waals surface area contributed by atoms with Gasteiger partial charge in [-0.1, -0.05) is 41.5 Å². The number of aromatic nitrogens is 1. The molecule has 0 spiro atoms. The number of hydrogen-bond donors (Lipinski definition) is 2. The Hall–Kier alpha value is -4.46. The molecule has 3 aliphatic rings. The first kappa shape index (κ1) is 52.5. The van der Waals surface area contributed by atoms with E-state index in [2.05, 4.69) is 83.3 Å². The molecule has 14 nitrogen and oxygen atoms in total. The van der Waals surface area contributed by atoms with Crippen molar-refractivity contribution in [2.75, 3.05) is 38.2 Å². The number of benzene rings is 1. The lowest BCUT2D eigenvalue weighted by Gasteiger charge is -2.38. The molecule has 3 heterocycles. The predicted molar refractivity (Wildman–Crippen MR) is 262 cm³/mol. The van der Waals surface area contributed by atoms with Crippen molar-refractivity contribution >= 4 is 63.9 Å². The van der Waals surface area contributed by atoms with E-state index in [0.717, 1.165) is 11.3 Å². The molecule has 0 saturated heterocycles. The van der Waals surface area contributed by atoms with Crippen LogP contribution >= 0.6 is 0 Å². The van der Waals surface area contributed by atoms with Crippen molar-refractivity contribution in [3.63, 3.8) is 0 Å². The zero-order valence-electron chi connectivity index (χ0n) is 42.4. The van der Waals surface area contributed by atoms with Gasteiger partial charge in [-0.3, -0.25) is 19.9 Å². The Morgan fingerprint density at radius 3 is 1.92 bits per heavy atom. The van der Waals surface area contributed by atoms with Crippen LogP contribution in [0, 0.1) is 5.82 Å². The molecule has 0 radical (unpaired) electrons. The van der Waals surface area contributed by atoms with Crippen LogP contribution in [-0.2, 0) is 46.3 Å². The largest absolute Gasteiger partial charge is 0.444 e. The van der Waals surface area contributed by atoms with E-state index in [1.165, 1.54) is 12.1 Å².